The van der Waals surface area contributed by atoms with Gasteiger partial charge in [0.1, 0.15) is 5.82 Å². The number of nitrogens with zero attached hydrogens (tertiary/aromatic N) is 7. The molecule has 8 heteroatoms. The third-order valence-electron chi connectivity index (χ3n) is 4.71. The van der Waals surface area contributed by atoms with Gasteiger partial charge in [0.2, 0.25) is 11.9 Å². The van der Waals surface area contributed by atoms with Crippen LogP contribution in [0.5, 0.6) is 0 Å². The lowest BCUT2D eigenvalue weighted by Gasteiger charge is -2.35. The maximum absolute atomic E-state index is 5.87. The zero-order valence-corrected chi connectivity index (χ0v) is 15.2. The Morgan fingerprint density at radius 2 is 1.40 bits per heavy atom. The van der Waals surface area contributed by atoms with E-state index in [0.717, 1.165) is 62.7 Å². The van der Waals surface area contributed by atoms with Gasteiger partial charge in [-0.05, 0) is 19.8 Å². The van der Waals surface area contributed by atoms with Gasteiger partial charge in [0.15, 0.2) is 0 Å². The van der Waals surface area contributed by atoms with Crippen molar-refractivity contribution in [2.24, 2.45) is 0 Å². The number of hydrogen-bond acceptors (Lipinski definition) is 7. The van der Waals surface area contributed by atoms with Gasteiger partial charge in [-0.2, -0.15) is 4.98 Å². The summed E-state index contributed by atoms with van der Waals surface area (Å²) in [4.78, 5) is 24.9. The Labute approximate surface area is 152 Å². The van der Waals surface area contributed by atoms with Crippen LogP contribution in [0.25, 0.3) is 0 Å². The summed E-state index contributed by atoms with van der Waals surface area (Å²) in [6.45, 7) is 7.68. The molecule has 0 unspecified atom stereocenters. The van der Waals surface area contributed by atoms with Gasteiger partial charge in [-0.25, -0.2) is 15.0 Å². The number of piperazine rings is 1. The molecule has 2 aromatic heterocycles. The monoisotopic (exact) mass is 359 g/mol. The Bertz CT molecular complexity index is 722. The highest BCUT2D eigenvalue weighted by Gasteiger charge is 2.22. The second-order valence-corrected chi connectivity index (χ2v) is 6.97. The van der Waals surface area contributed by atoms with Crippen molar-refractivity contribution in [3.05, 3.63) is 29.2 Å². The molecule has 0 aliphatic carbocycles. The van der Waals surface area contributed by atoms with Gasteiger partial charge >= 0.3 is 0 Å². The van der Waals surface area contributed by atoms with Gasteiger partial charge in [-0.1, -0.05) is 11.6 Å². The van der Waals surface area contributed by atoms with Crippen LogP contribution in [-0.4, -0.2) is 59.2 Å². The number of anilines is 3. The van der Waals surface area contributed by atoms with E-state index in [9.17, 15) is 0 Å². The van der Waals surface area contributed by atoms with Gasteiger partial charge in [-0.15, -0.1) is 0 Å². The fraction of sp³-hybridized carbons (Fsp3) is 0.529. The summed E-state index contributed by atoms with van der Waals surface area (Å²) in [7, 11) is 0. The van der Waals surface area contributed by atoms with E-state index in [4.69, 9.17) is 16.6 Å². The average molecular weight is 360 g/mol. The predicted molar refractivity (Wildman–Crippen MR) is 99.7 cm³/mol. The summed E-state index contributed by atoms with van der Waals surface area (Å²) < 4.78 is 0. The summed E-state index contributed by atoms with van der Waals surface area (Å²) in [5, 5.41) is 0.563. The summed E-state index contributed by atoms with van der Waals surface area (Å²) in [5.74, 6) is 2.63. The van der Waals surface area contributed by atoms with Crippen molar-refractivity contribution in [1.82, 2.24) is 19.9 Å². The predicted octanol–water partition coefficient (Wildman–Crippen LogP) is 2.16. The van der Waals surface area contributed by atoms with Crippen LogP contribution in [0, 0.1) is 6.92 Å². The molecule has 4 heterocycles. The molecule has 2 fully saturated rings. The average Bonchev–Trinajstić information content (AvgIpc) is 3.17. The maximum atomic E-state index is 5.87. The van der Waals surface area contributed by atoms with Crippen LogP contribution in [0.3, 0.4) is 0 Å². The summed E-state index contributed by atoms with van der Waals surface area (Å²) in [6, 6.07) is 2.08. The zero-order chi connectivity index (χ0) is 17.2. The van der Waals surface area contributed by atoms with Crippen LogP contribution in [0.15, 0.2) is 18.5 Å². The quantitative estimate of drug-likeness (QED) is 0.832. The van der Waals surface area contributed by atoms with Crippen molar-refractivity contribution in [1.29, 1.82) is 0 Å². The van der Waals surface area contributed by atoms with Gasteiger partial charge in [-0.3, -0.25) is 0 Å². The van der Waals surface area contributed by atoms with Crippen LogP contribution >= 0.6 is 11.6 Å². The van der Waals surface area contributed by atoms with E-state index in [1.807, 2.05) is 6.92 Å². The summed E-state index contributed by atoms with van der Waals surface area (Å²) in [6.07, 6.45) is 5.75. The molecule has 25 heavy (non-hydrogen) atoms. The summed E-state index contributed by atoms with van der Waals surface area (Å²) >= 11 is 5.87. The highest BCUT2D eigenvalue weighted by atomic mass is 35.5. The van der Waals surface area contributed by atoms with Crippen molar-refractivity contribution < 1.29 is 0 Å². The van der Waals surface area contributed by atoms with Crippen LogP contribution in [0.4, 0.5) is 17.7 Å². The van der Waals surface area contributed by atoms with Crippen LogP contribution in [0.1, 0.15) is 18.5 Å². The molecule has 0 atom stereocenters. The number of halogens is 1. The van der Waals surface area contributed by atoms with Crippen LogP contribution in [0.2, 0.25) is 5.02 Å². The molecule has 7 nitrogen and oxygen atoms in total. The first-order valence-electron chi connectivity index (χ1n) is 8.77. The Morgan fingerprint density at radius 1 is 0.800 bits per heavy atom. The SMILES string of the molecule is Cc1cc(N2CCN(c3ncc(Cl)cn3)CC2)nc(N2CCCC2)n1. The molecule has 0 aromatic carbocycles. The molecule has 0 spiro atoms. The first-order chi connectivity index (χ1) is 12.2. The van der Waals surface area contributed by atoms with Crippen molar-refractivity contribution in [3.63, 3.8) is 0 Å². The molecule has 2 saturated heterocycles. The standard InChI is InChI=1S/C17H22ClN7/c1-13-10-15(22-17(21-13)24-4-2-3-5-24)23-6-8-25(9-7-23)16-19-11-14(18)12-20-16/h10-12H,2-9H2,1H3. The Hall–Kier alpha value is -2.15. The minimum Gasteiger partial charge on any atom is -0.353 e. The first kappa shape index (κ1) is 16.3. The lowest BCUT2D eigenvalue weighted by Crippen LogP contribution is -2.47. The lowest BCUT2D eigenvalue weighted by molar-refractivity contribution is 0.633. The number of aromatic nitrogens is 4. The molecule has 0 bridgehead atoms. The number of rotatable bonds is 3. The highest BCUT2D eigenvalue weighted by Crippen LogP contribution is 2.22. The van der Waals surface area contributed by atoms with E-state index >= 15 is 0 Å². The normalized spacial score (nSPS) is 18.1. The molecule has 0 radical (unpaired) electrons. The Morgan fingerprint density at radius 3 is 2.08 bits per heavy atom. The summed E-state index contributed by atoms with van der Waals surface area (Å²) in [5.41, 5.74) is 1.02. The molecule has 0 amide bonds. The van der Waals surface area contributed by atoms with E-state index < -0.39 is 0 Å². The van der Waals surface area contributed by atoms with E-state index in [-0.39, 0.29) is 0 Å². The maximum Gasteiger partial charge on any atom is 0.227 e. The topological polar surface area (TPSA) is 61.3 Å². The highest BCUT2D eigenvalue weighted by molar-refractivity contribution is 6.30. The zero-order valence-electron chi connectivity index (χ0n) is 14.4. The largest absolute Gasteiger partial charge is 0.353 e. The fourth-order valence-electron chi connectivity index (χ4n) is 3.36. The van der Waals surface area contributed by atoms with Crippen LogP contribution in [-0.2, 0) is 0 Å². The van der Waals surface area contributed by atoms with Gasteiger partial charge in [0.05, 0.1) is 17.4 Å². The molecule has 2 aliphatic heterocycles. The lowest BCUT2D eigenvalue weighted by atomic mass is 10.3. The Balaban J connectivity index is 1.46. The van der Waals surface area contributed by atoms with Crippen molar-refractivity contribution in [2.45, 2.75) is 19.8 Å². The second-order valence-electron chi connectivity index (χ2n) is 6.54. The number of aryl methyl sites for hydroxylation is 1. The van der Waals surface area contributed by atoms with Gasteiger partial charge in [0, 0.05) is 51.0 Å². The van der Waals surface area contributed by atoms with E-state index in [1.54, 1.807) is 12.4 Å². The van der Waals surface area contributed by atoms with Gasteiger partial charge in [0.25, 0.3) is 0 Å². The third-order valence-corrected chi connectivity index (χ3v) is 4.91. The molecular formula is C17H22ClN7. The minimum atomic E-state index is 0.563. The molecular weight excluding hydrogens is 338 g/mol. The van der Waals surface area contributed by atoms with E-state index in [2.05, 4.69) is 35.7 Å². The Kier molecular flexibility index (Phi) is 4.57. The molecule has 2 aromatic rings. The van der Waals surface area contributed by atoms with Crippen molar-refractivity contribution in [3.8, 4) is 0 Å². The third kappa shape index (κ3) is 3.61. The van der Waals surface area contributed by atoms with Gasteiger partial charge < -0.3 is 14.7 Å². The van der Waals surface area contributed by atoms with E-state index in [0.29, 0.717) is 5.02 Å². The molecule has 2 aliphatic rings. The smallest absolute Gasteiger partial charge is 0.227 e. The first-order valence-corrected chi connectivity index (χ1v) is 9.15. The van der Waals surface area contributed by atoms with Crippen LogP contribution < -0.4 is 14.7 Å². The molecule has 132 valence electrons. The van der Waals surface area contributed by atoms with Crippen molar-refractivity contribution >= 4 is 29.3 Å². The van der Waals surface area contributed by atoms with E-state index in [1.165, 1.54) is 12.8 Å². The molecule has 0 saturated carbocycles. The van der Waals surface area contributed by atoms with Crippen molar-refractivity contribution in [2.75, 3.05) is 54.0 Å². The minimum absolute atomic E-state index is 0.563. The fourth-order valence-corrected chi connectivity index (χ4v) is 3.46. The molecule has 0 N–H and O–H groups in total. The molecule has 4 rings (SSSR count). The number of hydrogen-bond donors (Lipinski definition) is 0. The second kappa shape index (κ2) is 7.00.